The van der Waals surface area contributed by atoms with E-state index < -0.39 is 36.2 Å². The van der Waals surface area contributed by atoms with Gasteiger partial charge < -0.3 is 25.2 Å². The first-order valence-corrected chi connectivity index (χ1v) is 10.0. The van der Waals surface area contributed by atoms with E-state index in [1.54, 1.807) is 0 Å². The highest BCUT2D eigenvalue weighted by atomic mass is 16.5. The normalized spacial score (nSPS) is 15.2. The number of aliphatic carboxylic acids is 1. The zero-order valence-electron chi connectivity index (χ0n) is 17.6. The number of ether oxygens (including phenoxy) is 2. The second kappa shape index (κ2) is 9.61. The number of methoxy groups -OCH3 is 1. The SMILES string of the molecule is COC(C)C(NC(=O)[C@H](C)NC(=O)OCC1c2ccccc2-c2ccccc21)C(=O)O. The van der Waals surface area contributed by atoms with Crippen molar-refractivity contribution in [2.24, 2.45) is 0 Å². The summed E-state index contributed by atoms with van der Waals surface area (Å²) in [7, 11) is 1.35. The van der Waals surface area contributed by atoms with Crippen LogP contribution >= 0.6 is 0 Å². The minimum atomic E-state index is -1.23. The predicted octanol–water partition coefficient (Wildman–Crippen LogP) is 2.52. The number of carboxylic acid groups (broad SMARTS) is 1. The Balaban J connectivity index is 1.59. The van der Waals surface area contributed by atoms with E-state index >= 15 is 0 Å². The number of carboxylic acids is 1. The van der Waals surface area contributed by atoms with E-state index in [1.807, 2.05) is 48.5 Å². The van der Waals surface area contributed by atoms with Gasteiger partial charge in [-0.05, 0) is 36.1 Å². The number of carbonyl (C=O) groups is 3. The molecule has 0 aromatic heterocycles. The Hall–Kier alpha value is -3.39. The summed E-state index contributed by atoms with van der Waals surface area (Å²) < 4.78 is 10.4. The topological polar surface area (TPSA) is 114 Å². The lowest BCUT2D eigenvalue weighted by molar-refractivity contribution is -0.145. The highest BCUT2D eigenvalue weighted by Crippen LogP contribution is 2.44. The number of carbonyl (C=O) groups excluding carboxylic acids is 2. The Kier molecular flexibility index (Phi) is 6.91. The van der Waals surface area contributed by atoms with Gasteiger partial charge in [-0.2, -0.15) is 0 Å². The Labute approximate surface area is 180 Å². The van der Waals surface area contributed by atoms with E-state index in [4.69, 9.17) is 9.47 Å². The minimum absolute atomic E-state index is 0.0961. The molecular formula is C23H26N2O6. The fraction of sp³-hybridized carbons (Fsp3) is 0.348. The van der Waals surface area contributed by atoms with Gasteiger partial charge in [0, 0.05) is 13.0 Å². The molecule has 0 aliphatic heterocycles. The zero-order valence-corrected chi connectivity index (χ0v) is 17.6. The third-order valence-electron chi connectivity index (χ3n) is 5.48. The van der Waals surface area contributed by atoms with Crippen LogP contribution in [0.1, 0.15) is 30.9 Å². The molecule has 31 heavy (non-hydrogen) atoms. The standard InChI is InChI=1S/C23H26N2O6/c1-13(21(26)25-20(22(27)28)14(2)30-3)24-23(29)31-12-19-17-10-6-4-8-15(17)16-9-5-7-11-18(16)19/h4-11,13-14,19-20H,12H2,1-3H3,(H,24,29)(H,25,26)(H,27,28)/t13-,14?,20?/m0/s1. The monoisotopic (exact) mass is 426 g/mol. The summed E-state index contributed by atoms with van der Waals surface area (Å²) in [6, 6.07) is 13.7. The number of hydrogen-bond acceptors (Lipinski definition) is 5. The number of alkyl carbamates (subject to hydrolysis) is 1. The van der Waals surface area contributed by atoms with Crippen molar-refractivity contribution < 1.29 is 29.0 Å². The van der Waals surface area contributed by atoms with Gasteiger partial charge in [0.2, 0.25) is 5.91 Å². The number of rotatable bonds is 8. The van der Waals surface area contributed by atoms with E-state index in [0.717, 1.165) is 22.3 Å². The van der Waals surface area contributed by atoms with Crippen LogP contribution in [0.15, 0.2) is 48.5 Å². The molecule has 0 bridgehead atoms. The van der Waals surface area contributed by atoms with Gasteiger partial charge in [0.1, 0.15) is 12.6 Å². The Morgan fingerprint density at radius 1 is 0.968 bits per heavy atom. The highest BCUT2D eigenvalue weighted by molar-refractivity contribution is 5.89. The number of benzene rings is 2. The molecule has 0 fully saturated rings. The molecule has 1 aliphatic carbocycles. The fourth-order valence-corrected chi connectivity index (χ4v) is 3.68. The molecule has 8 heteroatoms. The van der Waals surface area contributed by atoms with E-state index in [2.05, 4.69) is 10.6 Å². The molecule has 2 aromatic rings. The predicted molar refractivity (Wildman–Crippen MR) is 114 cm³/mol. The van der Waals surface area contributed by atoms with Crippen LogP contribution in [0, 0.1) is 0 Å². The first-order chi connectivity index (χ1) is 14.8. The van der Waals surface area contributed by atoms with Crippen molar-refractivity contribution in [2.75, 3.05) is 13.7 Å². The zero-order chi connectivity index (χ0) is 22.5. The maximum absolute atomic E-state index is 12.3. The van der Waals surface area contributed by atoms with E-state index in [9.17, 15) is 19.5 Å². The lowest BCUT2D eigenvalue weighted by atomic mass is 9.98. The average molecular weight is 426 g/mol. The molecule has 164 valence electrons. The summed E-state index contributed by atoms with van der Waals surface area (Å²) in [6.07, 6.45) is -1.49. The molecular weight excluding hydrogens is 400 g/mol. The number of amides is 2. The smallest absolute Gasteiger partial charge is 0.407 e. The van der Waals surface area contributed by atoms with Crippen LogP contribution in [0.4, 0.5) is 4.79 Å². The van der Waals surface area contributed by atoms with Crippen molar-refractivity contribution in [1.82, 2.24) is 10.6 Å². The van der Waals surface area contributed by atoms with Gasteiger partial charge in [0.25, 0.3) is 0 Å². The summed E-state index contributed by atoms with van der Waals surface area (Å²) in [5.74, 6) is -1.97. The minimum Gasteiger partial charge on any atom is -0.480 e. The highest BCUT2D eigenvalue weighted by Gasteiger charge is 2.31. The van der Waals surface area contributed by atoms with E-state index in [0.29, 0.717) is 0 Å². The molecule has 3 N–H and O–H groups in total. The lowest BCUT2D eigenvalue weighted by Crippen LogP contribution is -2.54. The Morgan fingerprint density at radius 3 is 2.03 bits per heavy atom. The second-order valence-corrected chi connectivity index (χ2v) is 7.46. The largest absolute Gasteiger partial charge is 0.480 e. The van der Waals surface area contributed by atoms with Crippen molar-refractivity contribution in [3.05, 3.63) is 59.7 Å². The maximum atomic E-state index is 12.3. The first kappa shape index (κ1) is 22.3. The summed E-state index contributed by atoms with van der Waals surface area (Å²) in [6.45, 7) is 3.10. The third-order valence-corrected chi connectivity index (χ3v) is 5.48. The quantitative estimate of drug-likeness (QED) is 0.598. The van der Waals surface area contributed by atoms with Crippen LogP contribution in [0.2, 0.25) is 0 Å². The summed E-state index contributed by atoms with van der Waals surface area (Å²) in [4.78, 5) is 35.9. The number of fused-ring (bicyclic) bond motifs is 3. The van der Waals surface area contributed by atoms with Crippen molar-refractivity contribution in [3.8, 4) is 11.1 Å². The molecule has 8 nitrogen and oxygen atoms in total. The van der Waals surface area contributed by atoms with Crippen molar-refractivity contribution in [2.45, 2.75) is 38.0 Å². The Bertz CT molecular complexity index is 931. The van der Waals surface area contributed by atoms with Crippen LogP contribution < -0.4 is 10.6 Å². The molecule has 3 atom stereocenters. The summed E-state index contributed by atoms with van der Waals surface area (Å²) in [5.41, 5.74) is 4.40. The molecule has 0 radical (unpaired) electrons. The summed E-state index contributed by atoms with van der Waals surface area (Å²) in [5, 5.41) is 14.1. The molecule has 2 amide bonds. The molecule has 0 saturated carbocycles. The number of hydrogen-bond donors (Lipinski definition) is 3. The van der Waals surface area contributed by atoms with Gasteiger partial charge >= 0.3 is 12.1 Å². The molecule has 2 unspecified atom stereocenters. The lowest BCUT2D eigenvalue weighted by Gasteiger charge is -2.22. The van der Waals surface area contributed by atoms with Gasteiger partial charge in [-0.25, -0.2) is 9.59 Å². The molecule has 0 heterocycles. The average Bonchev–Trinajstić information content (AvgIpc) is 3.08. The van der Waals surface area contributed by atoms with E-state index in [-0.39, 0.29) is 12.5 Å². The van der Waals surface area contributed by atoms with Gasteiger partial charge in [0.05, 0.1) is 6.10 Å². The second-order valence-electron chi connectivity index (χ2n) is 7.46. The number of nitrogens with one attached hydrogen (secondary N) is 2. The van der Waals surface area contributed by atoms with Gasteiger partial charge in [0.15, 0.2) is 6.04 Å². The third kappa shape index (κ3) is 4.86. The first-order valence-electron chi connectivity index (χ1n) is 10.0. The molecule has 3 rings (SSSR count). The van der Waals surface area contributed by atoms with Gasteiger partial charge in [-0.15, -0.1) is 0 Å². The molecule has 0 saturated heterocycles. The van der Waals surface area contributed by atoms with Crippen LogP contribution in [-0.2, 0) is 19.1 Å². The Morgan fingerprint density at radius 2 is 1.52 bits per heavy atom. The molecule has 0 spiro atoms. The molecule has 2 aromatic carbocycles. The van der Waals surface area contributed by atoms with Crippen molar-refractivity contribution >= 4 is 18.0 Å². The summed E-state index contributed by atoms with van der Waals surface area (Å²) >= 11 is 0. The van der Waals surface area contributed by atoms with Crippen LogP contribution in [-0.4, -0.2) is 55.0 Å². The van der Waals surface area contributed by atoms with E-state index in [1.165, 1.54) is 21.0 Å². The van der Waals surface area contributed by atoms with Crippen molar-refractivity contribution in [3.63, 3.8) is 0 Å². The van der Waals surface area contributed by atoms with Gasteiger partial charge in [-0.1, -0.05) is 48.5 Å². The maximum Gasteiger partial charge on any atom is 0.407 e. The van der Waals surface area contributed by atoms with Crippen LogP contribution in [0.3, 0.4) is 0 Å². The van der Waals surface area contributed by atoms with Crippen molar-refractivity contribution in [1.29, 1.82) is 0 Å². The van der Waals surface area contributed by atoms with Crippen LogP contribution in [0.25, 0.3) is 11.1 Å². The van der Waals surface area contributed by atoms with Crippen LogP contribution in [0.5, 0.6) is 0 Å². The fourth-order valence-electron chi connectivity index (χ4n) is 3.68. The van der Waals surface area contributed by atoms with Gasteiger partial charge in [-0.3, -0.25) is 4.79 Å². The molecule has 1 aliphatic rings.